The molecule has 4 rings (SSSR count). The predicted octanol–water partition coefficient (Wildman–Crippen LogP) is 3.84. The van der Waals surface area contributed by atoms with Crippen LogP contribution in [0.3, 0.4) is 0 Å². The summed E-state index contributed by atoms with van der Waals surface area (Å²) in [5.41, 5.74) is 2.32. The van der Waals surface area contributed by atoms with Gasteiger partial charge in [-0.05, 0) is 43.3 Å². The zero-order valence-corrected chi connectivity index (χ0v) is 15.6. The first kappa shape index (κ1) is 18.3. The van der Waals surface area contributed by atoms with Crippen LogP contribution in [0.5, 0.6) is 5.75 Å². The highest BCUT2D eigenvalue weighted by molar-refractivity contribution is 6.02. The molecule has 144 valence electrons. The lowest BCUT2D eigenvalue weighted by Crippen LogP contribution is -2.13. The number of nitrogens with one attached hydrogen (secondary N) is 1. The highest BCUT2D eigenvalue weighted by Crippen LogP contribution is 2.25. The Morgan fingerprint density at radius 2 is 1.97 bits per heavy atom. The van der Waals surface area contributed by atoms with E-state index in [-0.39, 0.29) is 11.6 Å². The van der Waals surface area contributed by atoms with Crippen LogP contribution in [0.1, 0.15) is 17.4 Å². The SMILES string of the molecule is CCOc1ccc(-c2nc(-c3cccc(NC(=O)c4cnccn4)c3)no2)cc1. The number of anilines is 1. The number of amides is 1. The van der Waals surface area contributed by atoms with Gasteiger partial charge < -0.3 is 14.6 Å². The third kappa shape index (κ3) is 4.27. The third-order valence-corrected chi connectivity index (χ3v) is 4.01. The van der Waals surface area contributed by atoms with Gasteiger partial charge in [0, 0.05) is 29.2 Å². The largest absolute Gasteiger partial charge is 0.494 e. The molecule has 0 bridgehead atoms. The van der Waals surface area contributed by atoms with Gasteiger partial charge in [-0.15, -0.1) is 0 Å². The molecule has 0 radical (unpaired) electrons. The summed E-state index contributed by atoms with van der Waals surface area (Å²) < 4.78 is 10.8. The Labute approximate surface area is 166 Å². The second-order valence-corrected chi connectivity index (χ2v) is 6.01. The molecular weight excluding hydrogens is 370 g/mol. The first-order chi connectivity index (χ1) is 14.2. The van der Waals surface area contributed by atoms with Crippen LogP contribution >= 0.6 is 0 Å². The van der Waals surface area contributed by atoms with Crippen molar-refractivity contribution >= 4 is 11.6 Å². The topological polar surface area (TPSA) is 103 Å². The number of carbonyl (C=O) groups is 1. The molecule has 0 saturated heterocycles. The third-order valence-electron chi connectivity index (χ3n) is 4.01. The van der Waals surface area contributed by atoms with Crippen molar-refractivity contribution in [3.05, 3.63) is 72.8 Å². The summed E-state index contributed by atoms with van der Waals surface area (Å²) in [4.78, 5) is 24.6. The standard InChI is InChI=1S/C21H17N5O3/c1-2-28-17-8-6-14(7-9-17)21-25-19(26-29-21)15-4-3-5-16(12-15)24-20(27)18-13-22-10-11-23-18/h3-13H,2H2,1H3,(H,24,27). The molecule has 0 fully saturated rings. The number of aromatic nitrogens is 4. The quantitative estimate of drug-likeness (QED) is 0.536. The van der Waals surface area contributed by atoms with Crippen molar-refractivity contribution in [3.63, 3.8) is 0 Å². The van der Waals surface area contributed by atoms with Gasteiger partial charge in [-0.2, -0.15) is 4.98 Å². The van der Waals surface area contributed by atoms with Crippen LogP contribution in [-0.4, -0.2) is 32.6 Å². The number of hydrogen-bond donors (Lipinski definition) is 1. The van der Waals surface area contributed by atoms with Gasteiger partial charge in [-0.3, -0.25) is 9.78 Å². The number of carbonyl (C=O) groups excluding carboxylic acids is 1. The van der Waals surface area contributed by atoms with Gasteiger partial charge in [-0.25, -0.2) is 4.98 Å². The van der Waals surface area contributed by atoms with Crippen molar-refractivity contribution < 1.29 is 14.1 Å². The van der Waals surface area contributed by atoms with Crippen LogP contribution < -0.4 is 10.1 Å². The van der Waals surface area contributed by atoms with Crippen molar-refractivity contribution in [3.8, 4) is 28.6 Å². The number of benzene rings is 2. The molecule has 2 aromatic heterocycles. The van der Waals surface area contributed by atoms with Crippen LogP contribution in [-0.2, 0) is 0 Å². The number of nitrogens with zero attached hydrogens (tertiary/aromatic N) is 4. The van der Waals surface area contributed by atoms with Gasteiger partial charge in [0.1, 0.15) is 11.4 Å². The number of ether oxygens (including phenoxy) is 1. The lowest BCUT2D eigenvalue weighted by atomic mass is 10.2. The molecule has 1 N–H and O–H groups in total. The van der Waals surface area contributed by atoms with E-state index in [0.29, 0.717) is 29.6 Å². The molecule has 8 heteroatoms. The lowest BCUT2D eigenvalue weighted by Gasteiger charge is -2.05. The smallest absolute Gasteiger partial charge is 0.275 e. The van der Waals surface area contributed by atoms with E-state index >= 15 is 0 Å². The molecular formula is C21H17N5O3. The lowest BCUT2D eigenvalue weighted by molar-refractivity contribution is 0.102. The van der Waals surface area contributed by atoms with Crippen molar-refractivity contribution in [2.75, 3.05) is 11.9 Å². The summed E-state index contributed by atoms with van der Waals surface area (Å²) in [6, 6.07) is 14.6. The van der Waals surface area contributed by atoms with Gasteiger partial charge in [0.2, 0.25) is 5.82 Å². The highest BCUT2D eigenvalue weighted by atomic mass is 16.5. The fraction of sp³-hybridized carbons (Fsp3) is 0.0952. The second-order valence-electron chi connectivity index (χ2n) is 6.01. The Morgan fingerprint density at radius 3 is 2.72 bits per heavy atom. The Bertz CT molecular complexity index is 1110. The van der Waals surface area contributed by atoms with E-state index in [2.05, 4.69) is 25.4 Å². The minimum Gasteiger partial charge on any atom is -0.494 e. The molecule has 0 saturated carbocycles. The summed E-state index contributed by atoms with van der Waals surface area (Å²) >= 11 is 0. The molecule has 1 amide bonds. The van der Waals surface area contributed by atoms with Crippen molar-refractivity contribution in [2.45, 2.75) is 6.92 Å². The van der Waals surface area contributed by atoms with E-state index in [0.717, 1.165) is 11.3 Å². The summed E-state index contributed by atoms with van der Waals surface area (Å²) in [7, 11) is 0. The van der Waals surface area contributed by atoms with E-state index in [1.54, 1.807) is 18.2 Å². The summed E-state index contributed by atoms with van der Waals surface area (Å²) in [6.45, 7) is 2.54. The summed E-state index contributed by atoms with van der Waals surface area (Å²) in [6.07, 6.45) is 4.38. The Balaban J connectivity index is 1.52. The molecule has 29 heavy (non-hydrogen) atoms. The fourth-order valence-electron chi connectivity index (χ4n) is 2.67. The maximum Gasteiger partial charge on any atom is 0.275 e. The molecule has 4 aromatic rings. The minimum absolute atomic E-state index is 0.232. The maximum absolute atomic E-state index is 12.3. The van der Waals surface area contributed by atoms with Crippen molar-refractivity contribution in [2.24, 2.45) is 0 Å². The Morgan fingerprint density at radius 1 is 1.10 bits per heavy atom. The molecule has 0 unspecified atom stereocenters. The molecule has 2 aromatic carbocycles. The van der Waals surface area contributed by atoms with E-state index in [9.17, 15) is 4.79 Å². The Kier molecular flexibility index (Phi) is 5.24. The van der Waals surface area contributed by atoms with Crippen LogP contribution in [0.15, 0.2) is 71.6 Å². The van der Waals surface area contributed by atoms with E-state index in [4.69, 9.17) is 9.26 Å². The van der Waals surface area contributed by atoms with Crippen LogP contribution in [0.4, 0.5) is 5.69 Å². The average Bonchev–Trinajstić information content (AvgIpc) is 3.26. The second kappa shape index (κ2) is 8.30. The summed E-state index contributed by atoms with van der Waals surface area (Å²) in [5, 5.41) is 6.83. The fourth-order valence-corrected chi connectivity index (χ4v) is 2.67. The van der Waals surface area contributed by atoms with Crippen LogP contribution in [0, 0.1) is 0 Å². The summed E-state index contributed by atoms with van der Waals surface area (Å²) in [5.74, 6) is 1.25. The highest BCUT2D eigenvalue weighted by Gasteiger charge is 2.13. The molecule has 0 spiro atoms. The zero-order valence-electron chi connectivity index (χ0n) is 15.6. The van der Waals surface area contributed by atoms with Crippen LogP contribution in [0.25, 0.3) is 22.8 Å². The predicted molar refractivity (Wildman–Crippen MR) is 106 cm³/mol. The zero-order chi connectivity index (χ0) is 20.1. The molecule has 0 atom stereocenters. The van der Waals surface area contributed by atoms with Gasteiger partial charge in [0.15, 0.2) is 0 Å². The van der Waals surface area contributed by atoms with Gasteiger partial charge >= 0.3 is 0 Å². The van der Waals surface area contributed by atoms with Gasteiger partial charge in [0.25, 0.3) is 11.8 Å². The molecule has 0 aliphatic rings. The minimum atomic E-state index is -0.349. The molecule has 8 nitrogen and oxygen atoms in total. The van der Waals surface area contributed by atoms with Gasteiger partial charge in [-0.1, -0.05) is 17.3 Å². The average molecular weight is 387 g/mol. The van der Waals surface area contributed by atoms with Crippen LogP contribution in [0.2, 0.25) is 0 Å². The first-order valence-corrected chi connectivity index (χ1v) is 8.97. The molecule has 0 aliphatic heterocycles. The Hall–Kier alpha value is -4.07. The van der Waals surface area contributed by atoms with Crippen molar-refractivity contribution in [1.82, 2.24) is 20.1 Å². The number of hydrogen-bond acceptors (Lipinski definition) is 7. The molecule has 2 heterocycles. The van der Waals surface area contributed by atoms with E-state index < -0.39 is 0 Å². The maximum atomic E-state index is 12.3. The number of rotatable bonds is 6. The normalized spacial score (nSPS) is 10.5. The van der Waals surface area contributed by atoms with Crippen molar-refractivity contribution in [1.29, 1.82) is 0 Å². The first-order valence-electron chi connectivity index (χ1n) is 8.97. The van der Waals surface area contributed by atoms with Gasteiger partial charge in [0.05, 0.1) is 12.8 Å². The molecule has 0 aliphatic carbocycles. The van der Waals surface area contributed by atoms with E-state index in [1.165, 1.54) is 18.6 Å². The monoisotopic (exact) mass is 387 g/mol. The van der Waals surface area contributed by atoms with E-state index in [1.807, 2.05) is 37.3 Å².